The van der Waals surface area contributed by atoms with Gasteiger partial charge in [0.2, 0.25) is 0 Å². The fourth-order valence-electron chi connectivity index (χ4n) is 6.58. The van der Waals surface area contributed by atoms with Gasteiger partial charge < -0.3 is 0 Å². The van der Waals surface area contributed by atoms with E-state index in [2.05, 4.69) is 85.0 Å². The summed E-state index contributed by atoms with van der Waals surface area (Å²) < 4.78 is -0.593. The molecule has 0 saturated heterocycles. The first-order chi connectivity index (χ1) is 17.1. The maximum absolute atomic E-state index is 8.11. The first-order valence-electron chi connectivity index (χ1n) is 13.1. The molecule has 2 atom stereocenters. The molecule has 2 aromatic carbocycles. The van der Waals surface area contributed by atoms with Crippen LogP contribution in [0.25, 0.3) is 0 Å². The predicted octanol–water partition coefficient (Wildman–Crippen LogP) is 9.91. The summed E-state index contributed by atoms with van der Waals surface area (Å²) in [5.41, 5.74) is 2.61. The first-order valence-corrected chi connectivity index (χ1v) is 23.7. The van der Waals surface area contributed by atoms with E-state index in [9.17, 15) is 0 Å². The number of halogens is 2. The molecule has 180 valence electrons. The molecule has 0 spiro atoms. The van der Waals surface area contributed by atoms with Crippen molar-refractivity contribution in [2.45, 2.75) is 57.1 Å². The van der Waals surface area contributed by atoms with Crippen molar-refractivity contribution in [2.24, 2.45) is 11.8 Å². The van der Waals surface area contributed by atoms with Crippen LogP contribution in [0.15, 0.2) is 85.0 Å². The molecule has 0 nitrogen and oxygen atoms in total. The van der Waals surface area contributed by atoms with Crippen molar-refractivity contribution in [3.63, 3.8) is 0 Å². The summed E-state index contributed by atoms with van der Waals surface area (Å²) in [6.45, 7) is 0. The molecule has 2 heterocycles. The predicted molar refractivity (Wildman–Crippen MR) is 154 cm³/mol. The van der Waals surface area contributed by atoms with E-state index < -0.39 is 17.9 Å². The second-order valence-electron chi connectivity index (χ2n) is 10.5. The van der Waals surface area contributed by atoms with E-state index in [0.29, 0.717) is 11.8 Å². The Labute approximate surface area is 225 Å². The van der Waals surface area contributed by atoms with E-state index in [-0.39, 0.29) is 5.73 Å². The molecule has 2 aliphatic carbocycles. The summed E-state index contributed by atoms with van der Waals surface area (Å²) in [4.78, 5) is 0. The number of rotatable bonds is 6. The number of allylic oxidation sites excluding steroid dienone is 4. The second kappa shape index (κ2) is 10.1. The van der Waals surface area contributed by atoms with Crippen molar-refractivity contribution in [1.29, 1.82) is 0 Å². The van der Waals surface area contributed by atoms with Crippen LogP contribution in [-0.2, 0) is 23.6 Å². The van der Waals surface area contributed by atoms with Crippen LogP contribution in [0, 0.1) is 11.8 Å². The Bertz CT molecular complexity index is 1100. The normalized spacial score (nSPS) is 30.1. The molecular weight excluding hydrogens is 584 g/mol. The van der Waals surface area contributed by atoms with Crippen LogP contribution >= 0.6 is 33.4 Å². The van der Waals surface area contributed by atoms with Gasteiger partial charge in [0.05, 0.1) is 0 Å². The molecule has 5 heteroatoms. The molecule has 0 N–H and O–H groups in total. The van der Waals surface area contributed by atoms with E-state index in [1.807, 2.05) is 0 Å². The van der Waals surface area contributed by atoms with E-state index >= 15 is 0 Å². The van der Waals surface area contributed by atoms with Gasteiger partial charge in [-0.2, -0.15) is 0 Å². The van der Waals surface area contributed by atoms with E-state index in [0.717, 1.165) is 0 Å². The summed E-state index contributed by atoms with van der Waals surface area (Å²) in [6.07, 6.45) is 20.4. The van der Waals surface area contributed by atoms with Gasteiger partial charge in [0.1, 0.15) is 0 Å². The van der Waals surface area contributed by atoms with Crippen molar-refractivity contribution in [3.05, 3.63) is 96.1 Å². The third-order valence-corrected chi connectivity index (χ3v) is 34.3. The molecule has 0 aromatic heterocycles. The van der Waals surface area contributed by atoms with Crippen molar-refractivity contribution in [1.82, 2.24) is 0 Å². The second-order valence-corrected chi connectivity index (χ2v) is 30.1. The van der Waals surface area contributed by atoms with Crippen LogP contribution < -0.4 is 0 Å². The molecule has 2 saturated carbocycles. The van der Waals surface area contributed by atoms with Gasteiger partial charge in [-0.1, -0.05) is 0 Å². The summed E-state index contributed by atoms with van der Waals surface area (Å²) in [7, 11) is 18.9. The van der Waals surface area contributed by atoms with Crippen LogP contribution in [0.3, 0.4) is 0 Å². The third kappa shape index (κ3) is 4.22. The summed E-state index contributed by atoms with van der Waals surface area (Å²) in [5.74, 6) is 1.39. The molecule has 0 radical (unpaired) electrons. The summed E-state index contributed by atoms with van der Waals surface area (Å²) >= 11 is -4.14. The van der Waals surface area contributed by atoms with Gasteiger partial charge in [-0.05, 0) is 0 Å². The van der Waals surface area contributed by atoms with Crippen LogP contribution in [0.5, 0.6) is 0 Å². The van der Waals surface area contributed by atoms with E-state index in [4.69, 9.17) is 17.0 Å². The minimum absolute atomic E-state index is 0.296. The minimum atomic E-state index is -4.14. The Morgan fingerprint density at radius 2 is 0.971 bits per heavy atom. The molecule has 6 rings (SSSR count). The van der Waals surface area contributed by atoms with Crippen molar-refractivity contribution in [3.8, 4) is 0 Å². The van der Waals surface area contributed by atoms with Crippen molar-refractivity contribution in [2.75, 3.05) is 0 Å². The average Bonchev–Trinajstić information content (AvgIpc) is 3.71. The molecule has 2 fully saturated rings. The number of hydrogen-bond acceptors (Lipinski definition) is 0. The van der Waals surface area contributed by atoms with Gasteiger partial charge in [0.25, 0.3) is 0 Å². The molecule has 0 bridgehead atoms. The Kier molecular flexibility index (Phi) is 7.24. The molecule has 35 heavy (non-hydrogen) atoms. The van der Waals surface area contributed by atoms with Gasteiger partial charge in [0.15, 0.2) is 0 Å². The SMILES string of the molecule is [Cl][Zr]([Cl])([C]1(c2ccccc2)C=CC(C2CCCC2)=P1)[C]1(c2ccccc2)C=CC(C2CCCC2)=P1. The number of hydrogen-bond donors (Lipinski definition) is 0. The van der Waals surface area contributed by atoms with Gasteiger partial charge in [-0.3, -0.25) is 0 Å². The summed E-state index contributed by atoms with van der Waals surface area (Å²) in [5, 5.41) is 3.13. The van der Waals surface area contributed by atoms with Gasteiger partial charge >= 0.3 is 227 Å². The molecule has 2 unspecified atom stereocenters. The van der Waals surface area contributed by atoms with Crippen LogP contribution in [0.2, 0.25) is 0 Å². The quantitative estimate of drug-likeness (QED) is 0.284. The maximum atomic E-state index is 8.11. The molecule has 2 aliphatic heterocycles. The van der Waals surface area contributed by atoms with Crippen molar-refractivity contribution >= 4 is 44.0 Å². The standard InChI is InChI=1S/2C15H16P.2ClH.Zr/c2*1-2-6-12(7-3-1)14-10-11-15(16-14)13-8-4-5-9-13;;;/h2*1-3,6-7,10-11,13H,4-5,8-9H2;2*1H;/q;;;;+2/p-2. The monoisotopic (exact) mass is 614 g/mol. The number of benzene rings is 2. The Hall–Kier alpha value is -0.277. The fourth-order valence-corrected chi connectivity index (χ4v) is 28.8. The van der Waals surface area contributed by atoms with Crippen LogP contribution in [0.1, 0.15) is 62.5 Å². The Morgan fingerprint density at radius 3 is 1.34 bits per heavy atom. The first kappa shape index (κ1) is 25.0. The van der Waals surface area contributed by atoms with Crippen LogP contribution in [-0.4, -0.2) is 10.6 Å². The zero-order chi connectivity index (χ0) is 23.9. The van der Waals surface area contributed by atoms with E-state index in [1.54, 1.807) is 10.6 Å². The average molecular weight is 617 g/mol. The van der Waals surface area contributed by atoms with Crippen molar-refractivity contribution < 1.29 is 17.9 Å². The third-order valence-electron chi connectivity index (χ3n) is 8.53. The zero-order valence-electron chi connectivity index (χ0n) is 20.0. The van der Waals surface area contributed by atoms with Gasteiger partial charge in [-0.25, -0.2) is 0 Å². The summed E-state index contributed by atoms with van der Waals surface area (Å²) in [6, 6.07) is 22.0. The van der Waals surface area contributed by atoms with E-state index in [1.165, 1.54) is 78.9 Å². The zero-order valence-corrected chi connectivity index (χ0v) is 25.8. The molecule has 4 aliphatic rings. The molecular formula is C30H32Cl2P2Zr. The topological polar surface area (TPSA) is 0 Å². The van der Waals surface area contributed by atoms with Gasteiger partial charge in [0, 0.05) is 0 Å². The fraction of sp³-hybridized carbons (Fsp3) is 0.400. The van der Waals surface area contributed by atoms with Crippen LogP contribution in [0.4, 0.5) is 0 Å². The Balaban J connectivity index is 1.54. The Morgan fingerprint density at radius 1 is 0.600 bits per heavy atom. The van der Waals surface area contributed by atoms with Gasteiger partial charge in [-0.15, -0.1) is 0 Å². The molecule has 0 amide bonds. The molecule has 2 aromatic rings.